The van der Waals surface area contributed by atoms with Gasteiger partial charge >= 0.3 is 0 Å². The molecule has 0 heterocycles. The van der Waals surface area contributed by atoms with E-state index >= 15 is 0 Å². The quantitative estimate of drug-likeness (QED) is 0.163. The first-order valence-electron chi connectivity index (χ1n) is 49.9. The Bertz CT molecular complexity index is 1930. The van der Waals surface area contributed by atoms with Crippen LogP contribution in [-0.4, -0.2) is 121 Å². The van der Waals surface area contributed by atoms with Crippen LogP contribution in [0.2, 0.25) is 0 Å². The Labute approximate surface area is 763 Å². The van der Waals surface area contributed by atoms with Gasteiger partial charge in [-0.1, -0.05) is 347 Å². The fourth-order valence-corrected chi connectivity index (χ4v) is 19.0. The highest BCUT2D eigenvalue weighted by Crippen LogP contribution is 2.40. The van der Waals surface area contributed by atoms with Crippen LogP contribution in [0.15, 0.2) is 0 Å². The van der Waals surface area contributed by atoms with Gasteiger partial charge in [-0.15, -0.1) is 0 Å². The molecule has 13 aliphatic carbocycles. The molecule has 13 fully saturated rings. The van der Waals surface area contributed by atoms with Gasteiger partial charge in [-0.3, -0.25) is 0 Å². The van der Waals surface area contributed by atoms with Gasteiger partial charge in [-0.25, -0.2) is 52.7 Å². The van der Waals surface area contributed by atoms with Crippen molar-refractivity contribution in [2.24, 2.45) is 154 Å². The third-order valence-corrected chi connectivity index (χ3v) is 30.6. The zero-order chi connectivity index (χ0) is 88.2. The first-order chi connectivity index (χ1) is 54.2. The van der Waals surface area contributed by atoms with Gasteiger partial charge in [0.25, 0.3) is 0 Å². The molecule has 759 valence electrons. The molecule has 3 radical (unpaired) electrons. The maximum Gasteiger partial charge on any atom is 0.134 e. The van der Waals surface area contributed by atoms with E-state index in [9.17, 15) is 52.7 Å². The second kappa shape index (κ2) is 76.3. The lowest BCUT2D eigenvalue weighted by Crippen LogP contribution is -2.35. The maximum absolute atomic E-state index is 12.8. The molecule has 13 rings (SSSR count). The van der Waals surface area contributed by atoms with Gasteiger partial charge < -0.3 is 38.3 Å². The topological polar surface area (TPSA) is 220 Å². The summed E-state index contributed by atoms with van der Waals surface area (Å²) >= 11 is 0. The van der Waals surface area contributed by atoms with Crippen LogP contribution < -0.4 is 0 Å². The molecule has 20 atom stereocenters. The molecule has 0 spiro atoms. The van der Waals surface area contributed by atoms with Gasteiger partial charge in [-0.2, -0.15) is 0 Å². The minimum atomic E-state index is -1.22. The molecule has 7 nitrogen and oxygen atoms in total. The van der Waals surface area contributed by atoms with Crippen LogP contribution in [0.5, 0.6) is 0 Å². The Morgan fingerprint density at radius 3 is 0.371 bits per heavy atom. The Morgan fingerprint density at radius 2 is 0.242 bits per heavy atom. The van der Waals surface area contributed by atoms with Crippen LogP contribution in [-0.2, 0) is 0 Å². The molecule has 13 saturated carbocycles. The third kappa shape index (κ3) is 63.2. The number of halogens is 12. The Morgan fingerprint density at radius 1 is 0.129 bits per heavy atom. The number of rotatable bonds is 0. The lowest BCUT2D eigenvalue weighted by molar-refractivity contribution is 0.0367. The summed E-state index contributed by atoms with van der Waals surface area (Å²) in [5.41, 5.74) is 0. The van der Waals surface area contributed by atoms with Gasteiger partial charge in [0.05, 0.1) is 0 Å². The molecular weight excluding hydrogens is 1600 g/mol. The van der Waals surface area contributed by atoms with Crippen molar-refractivity contribution in [3.63, 3.8) is 0 Å². The molecule has 13 aliphatic rings. The Balaban J connectivity index is -0.000000144. The van der Waals surface area contributed by atoms with E-state index in [0.29, 0.717) is 75.0 Å². The van der Waals surface area contributed by atoms with Crippen molar-refractivity contribution in [2.75, 3.05) is 0 Å². The molecule has 14 N–H and O–H groups in total. The van der Waals surface area contributed by atoms with Crippen molar-refractivity contribution in [1.29, 1.82) is 0 Å². The summed E-state index contributed by atoms with van der Waals surface area (Å²) in [5.74, 6) is 13.3. The van der Waals surface area contributed by atoms with E-state index in [2.05, 4.69) is 96.9 Å². The van der Waals surface area contributed by atoms with E-state index in [1.807, 2.05) is 34.6 Å². The van der Waals surface area contributed by atoms with Crippen molar-refractivity contribution in [3.05, 3.63) is 0 Å². The lowest BCUT2D eigenvalue weighted by atomic mass is 9.81. The molecule has 0 bridgehead atoms. The first kappa shape index (κ1) is 138. The van der Waals surface area contributed by atoms with Crippen LogP contribution in [0.25, 0.3) is 0 Å². The zero-order valence-corrected chi connectivity index (χ0v) is 84.8. The Hall–Kier alpha value is -1.06. The predicted octanol–water partition coefficient (Wildman–Crippen LogP) is 30.5. The highest BCUT2D eigenvalue weighted by atomic mass is 19.2. The SMILES string of the molecule is CC1CC(F)C(C)C(F)C1.CC1CC(F)C(C)C(F)C1.CC1CC(F)C(C)C(F)C1.CC1CC(F)C(C)CC1F.CC1CCC(C)C(F)C1.CC1CCC(C)C(F)C1.CC1CCC(C)C(F)C1F.CC1CCC(C)CC1.CC1CCC(C)CC1.CC1CCC(C)CC1.CC1CCC(C)CC1.CC1CCC(C)CC1.CC1CCC(C)CC1.O.O.O.O.O.O.O.[B].[HH].[HH]. The van der Waals surface area contributed by atoms with Crippen LogP contribution in [0.3, 0.4) is 0 Å². The second-order valence-electron chi connectivity index (χ2n) is 44.3. The van der Waals surface area contributed by atoms with E-state index in [0.717, 1.165) is 110 Å². The van der Waals surface area contributed by atoms with Crippen LogP contribution in [0, 0.1) is 154 Å². The molecule has 0 amide bonds. The highest BCUT2D eigenvalue weighted by Gasteiger charge is 2.38. The minimum Gasteiger partial charge on any atom is -0.412 e. The normalized spacial score (nSPS) is 41.8. The minimum absolute atomic E-state index is 0. The second-order valence-corrected chi connectivity index (χ2v) is 44.3. The van der Waals surface area contributed by atoms with Crippen molar-refractivity contribution in [1.82, 2.24) is 0 Å². The molecule has 0 aromatic heterocycles. The molecule has 20 heteroatoms. The standard InChI is InChI=1S/5C8H14F2.2C8H15F.6C8H16.B.7H2O.2H2/c1-5-3-8(10)6(2)4-7(5)9;3*1-5-3-7(9)6(2)8(10)4-5;1-5-3-4-6(2)8(10)7(5)9;2*1-6-3-4-7(2)8(9)5-6;6*1-7-3-5-8(2)6-4-7;;;;;;;;;;/h5*5-8H,3-4H2,1-2H3;2*6-8H,3-5H2,1-2H3;6*7-8H,3-6H2,1-2H3;;7*1H2;2*1H. The summed E-state index contributed by atoms with van der Waals surface area (Å²) < 4.78 is 154. The molecule has 20 unspecified atom stereocenters. The molecular formula is C104H214BF12O7. The average Bonchev–Trinajstić information content (AvgIpc) is 0.855. The number of alkyl halides is 12. The zero-order valence-electron chi connectivity index (χ0n) is 84.8. The van der Waals surface area contributed by atoms with Crippen molar-refractivity contribution in [3.8, 4) is 0 Å². The smallest absolute Gasteiger partial charge is 0.134 e. The predicted molar refractivity (Wildman–Crippen MR) is 517 cm³/mol. The fourth-order valence-electron chi connectivity index (χ4n) is 19.0. The number of hydrogen-bond acceptors (Lipinski definition) is 0. The van der Waals surface area contributed by atoms with E-state index < -0.39 is 74.1 Å². The molecule has 0 saturated heterocycles. The third-order valence-electron chi connectivity index (χ3n) is 30.6. The first-order valence-corrected chi connectivity index (χ1v) is 49.9. The van der Waals surface area contributed by atoms with E-state index in [1.165, 1.54) is 167 Å². The van der Waals surface area contributed by atoms with Gasteiger partial charge in [0, 0.05) is 29.0 Å². The van der Waals surface area contributed by atoms with Crippen molar-refractivity contribution < 1.29 is 93.9 Å². The van der Waals surface area contributed by atoms with E-state index in [1.54, 1.807) is 48.5 Å². The van der Waals surface area contributed by atoms with Crippen molar-refractivity contribution in [2.45, 2.75) is 511 Å². The van der Waals surface area contributed by atoms with Crippen LogP contribution >= 0.6 is 0 Å². The summed E-state index contributed by atoms with van der Waals surface area (Å²) in [7, 11) is 0. The fraction of sp³-hybridized carbons (Fsp3) is 1.00. The molecule has 0 aromatic rings. The van der Waals surface area contributed by atoms with Gasteiger partial charge in [-0.05, 0) is 226 Å². The molecule has 0 aliphatic heterocycles. The summed E-state index contributed by atoms with van der Waals surface area (Å²) in [4.78, 5) is 0. The molecule has 0 aromatic carbocycles. The van der Waals surface area contributed by atoms with Crippen LogP contribution in [0.1, 0.15) is 440 Å². The van der Waals surface area contributed by atoms with Gasteiger partial charge in [0.1, 0.15) is 74.1 Å². The summed E-state index contributed by atoms with van der Waals surface area (Å²) in [6.45, 7) is 54.5. The average molecular weight is 1820 g/mol. The van der Waals surface area contributed by atoms with E-state index in [4.69, 9.17) is 0 Å². The summed E-state index contributed by atoms with van der Waals surface area (Å²) in [6, 6.07) is 0. The van der Waals surface area contributed by atoms with Crippen LogP contribution in [0.4, 0.5) is 52.7 Å². The van der Waals surface area contributed by atoms with E-state index in [-0.39, 0.29) is 109 Å². The van der Waals surface area contributed by atoms with Crippen molar-refractivity contribution >= 4 is 8.41 Å². The summed E-state index contributed by atoms with van der Waals surface area (Å²) in [5, 5.41) is 0. The van der Waals surface area contributed by atoms with Gasteiger partial charge in [0.15, 0.2) is 0 Å². The Kier molecular flexibility index (Phi) is 85.1. The van der Waals surface area contributed by atoms with Gasteiger partial charge in [0.2, 0.25) is 0 Å². The summed E-state index contributed by atoms with van der Waals surface area (Å²) in [6.07, 6.45) is 36.8. The monoisotopic (exact) mass is 1810 g/mol. The lowest BCUT2D eigenvalue weighted by Gasteiger charge is -2.30. The largest absolute Gasteiger partial charge is 0.412 e. The molecule has 124 heavy (non-hydrogen) atoms. The maximum atomic E-state index is 12.8. The highest BCUT2D eigenvalue weighted by molar-refractivity contribution is 5.75. The number of hydrogen-bond donors (Lipinski definition) is 0.